The largest absolute Gasteiger partial charge is 0.459 e. The predicted molar refractivity (Wildman–Crippen MR) is 85.2 cm³/mol. The fraction of sp³-hybridized carbons (Fsp3) is 0.611. The molecule has 3 nitrogen and oxygen atoms in total. The number of carbonyl (C=O) groups excluding carboxylic acids is 1. The van der Waals surface area contributed by atoms with E-state index in [1.165, 1.54) is 18.4 Å². The third kappa shape index (κ3) is 5.50. The number of esters is 1. The molecule has 1 N–H and O–H groups in total. The van der Waals surface area contributed by atoms with E-state index in [0.29, 0.717) is 12.5 Å². The van der Waals surface area contributed by atoms with Crippen LogP contribution in [0.4, 0.5) is 0 Å². The monoisotopic (exact) mass is 289 g/mol. The van der Waals surface area contributed by atoms with Gasteiger partial charge in [-0.3, -0.25) is 4.79 Å². The Morgan fingerprint density at radius 1 is 1.24 bits per heavy atom. The first-order chi connectivity index (χ1) is 9.94. The molecule has 0 radical (unpaired) electrons. The minimum absolute atomic E-state index is 0.141. The van der Waals surface area contributed by atoms with Crippen LogP contribution in [0.5, 0.6) is 0 Å². The van der Waals surface area contributed by atoms with Crippen LogP contribution in [0.1, 0.15) is 52.0 Å². The summed E-state index contributed by atoms with van der Waals surface area (Å²) in [6.07, 6.45) is 5.52. The summed E-state index contributed by atoms with van der Waals surface area (Å²) in [5.74, 6) is -0.141. The van der Waals surface area contributed by atoms with E-state index in [9.17, 15) is 4.79 Å². The third-order valence-electron chi connectivity index (χ3n) is 3.77. The van der Waals surface area contributed by atoms with E-state index in [4.69, 9.17) is 4.74 Å². The van der Waals surface area contributed by atoms with Crippen molar-refractivity contribution in [2.45, 2.75) is 70.6 Å². The van der Waals surface area contributed by atoms with Crippen molar-refractivity contribution in [3.8, 4) is 0 Å². The normalized spacial score (nSPS) is 17.7. The number of hydrogen-bond donors (Lipinski definition) is 1. The first-order valence-corrected chi connectivity index (χ1v) is 7.97. The lowest BCUT2D eigenvalue weighted by Crippen LogP contribution is -2.46. The molecule has 0 unspecified atom stereocenters. The highest BCUT2D eigenvalue weighted by atomic mass is 16.6. The van der Waals surface area contributed by atoms with Gasteiger partial charge in [0.15, 0.2) is 0 Å². The second-order valence-electron chi connectivity index (χ2n) is 6.92. The standard InChI is InChI=1S/C18H27NO2/c1-18(2,3)21-17(20)16(19-15-11-7-8-12-15)13-14-9-5-4-6-10-14/h4-6,9-10,15-16,19H,7-8,11-13H2,1-3H3/t16-/m0/s1. The fourth-order valence-electron chi connectivity index (χ4n) is 2.81. The summed E-state index contributed by atoms with van der Waals surface area (Å²) in [5, 5.41) is 3.51. The van der Waals surface area contributed by atoms with Gasteiger partial charge in [0.2, 0.25) is 0 Å². The molecule has 0 aromatic heterocycles. The molecule has 0 amide bonds. The Balaban J connectivity index is 2.03. The summed E-state index contributed by atoms with van der Waals surface area (Å²) in [5.41, 5.74) is 0.725. The Bertz CT molecular complexity index is 444. The molecule has 1 aliphatic carbocycles. The van der Waals surface area contributed by atoms with Crippen LogP contribution in [0.3, 0.4) is 0 Å². The molecule has 0 aliphatic heterocycles. The molecule has 3 heteroatoms. The van der Waals surface area contributed by atoms with Gasteiger partial charge in [-0.15, -0.1) is 0 Å². The second-order valence-corrected chi connectivity index (χ2v) is 6.92. The first-order valence-electron chi connectivity index (χ1n) is 7.97. The zero-order valence-electron chi connectivity index (χ0n) is 13.4. The zero-order valence-corrected chi connectivity index (χ0v) is 13.4. The van der Waals surface area contributed by atoms with Crippen molar-refractivity contribution in [3.63, 3.8) is 0 Å². The van der Waals surface area contributed by atoms with E-state index in [-0.39, 0.29) is 12.0 Å². The zero-order chi connectivity index (χ0) is 15.3. The highest BCUT2D eigenvalue weighted by Crippen LogP contribution is 2.20. The molecule has 1 fully saturated rings. The van der Waals surface area contributed by atoms with Crippen molar-refractivity contribution in [1.29, 1.82) is 0 Å². The molecule has 0 spiro atoms. The third-order valence-corrected chi connectivity index (χ3v) is 3.77. The van der Waals surface area contributed by atoms with Crippen molar-refractivity contribution < 1.29 is 9.53 Å². The average molecular weight is 289 g/mol. The SMILES string of the molecule is CC(C)(C)OC(=O)[C@H](Cc1ccccc1)NC1CCCC1. The Labute approximate surface area is 128 Å². The number of benzene rings is 1. The van der Waals surface area contributed by atoms with Crippen LogP contribution >= 0.6 is 0 Å². The summed E-state index contributed by atoms with van der Waals surface area (Å²) in [7, 11) is 0. The molecule has 0 saturated heterocycles. The van der Waals surface area contributed by atoms with Crippen LogP contribution < -0.4 is 5.32 Å². The van der Waals surface area contributed by atoms with Gasteiger partial charge in [-0.25, -0.2) is 0 Å². The Hall–Kier alpha value is -1.35. The number of rotatable bonds is 5. The van der Waals surface area contributed by atoms with E-state index in [0.717, 1.165) is 12.8 Å². The Morgan fingerprint density at radius 2 is 1.86 bits per heavy atom. The lowest BCUT2D eigenvalue weighted by atomic mass is 10.0. The maximum Gasteiger partial charge on any atom is 0.324 e. The molecule has 1 atom stereocenters. The van der Waals surface area contributed by atoms with Gasteiger partial charge in [-0.2, -0.15) is 0 Å². The molecular weight excluding hydrogens is 262 g/mol. The van der Waals surface area contributed by atoms with E-state index in [1.54, 1.807) is 0 Å². The van der Waals surface area contributed by atoms with Crippen LogP contribution in [-0.4, -0.2) is 23.7 Å². The molecule has 0 bridgehead atoms. The van der Waals surface area contributed by atoms with Gasteiger partial charge in [0.1, 0.15) is 11.6 Å². The average Bonchev–Trinajstić information content (AvgIpc) is 2.90. The quantitative estimate of drug-likeness (QED) is 0.844. The molecule has 1 saturated carbocycles. The molecule has 1 aliphatic rings. The summed E-state index contributed by atoms with van der Waals surface area (Å²) in [6.45, 7) is 5.75. The van der Waals surface area contributed by atoms with E-state index in [1.807, 2.05) is 39.0 Å². The van der Waals surface area contributed by atoms with Crippen molar-refractivity contribution in [2.75, 3.05) is 0 Å². The molecule has 2 rings (SSSR count). The van der Waals surface area contributed by atoms with E-state index in [2.05, 4.69) is 17.4 Å². The number of ether oxygens (including phenoxy) is 1. The minimum atomic E-state index is -0.441. The maximum atomic E-state index is 12.5. The van der Waals surface area contributed by atoms with Gasteiger partial charge < -0.3 is 10.1 Å². The van der Waals surface area contributed by atoms with E-state index >= 15 is 0 Å². The smallest absolute Gasteiger partial charge is 0.324 e. The first kappa shape index (κ1) is 16.0. The predicted octanol–water partition coefficient (Wildman–Crippen LogP) is 3.47. The lowest BCUT2D eigenvalue weighted by molar-refractivity contribution is -0.157. The topological polar surface area (TPSA) is 38.3 Å². The molecule has 0 heterocycles. The van der Waals surface area contributed by atoms with Gasteiger partial charge >= 0.3 is 5.97 Å². The molecular formula is C18H27NO2. The molecule has 1 aromatic carbocycles. The Morgan fingerprint density at radius 3 is 2.43 bits per heavy atom. The second kappa shape index (κ2) is 7.08. The highest BCUT2D eigenvalue weighted by molar-refractivity contribution is 5.76. The number of nitrogens with one attached hydrogen (secondary N) is 1. The highest BCUT2D eigenvalue weighted by Gasteiger charge is 2.28. The summed E-state index contributed by atoms with van der Waals surface area (Å²) < 4.78 is 5.58. The van der Waals surface area contributed by atoms with E-state index < -0.39 is 5.60 Å². The number of hydrogen-bond acceptors (Lipinski definition) is 3. The molecule has 116 valence electrons. The molecule has 1 aromatic rings. The van der Waals surface area contributed by atoms with Crippen molar-refractivity contribution in [3.05, 3.63) is 35.9 Å². The van der Waals surface area contributed by atoms with Crippen molar-refractivity contribution >= 4 is 5.97 Å². The van der Waals surface area contributed by atoms with Gasteiger partial charge in [0, 0.05) is 6.04 Å². The minimum Gasteiger partial charge on any atom is -0.459 e. The van der Waals surface area contributed by atoms with Crippen LogP contribution in [0.25, 0.3) is 0 Å². The number of carbonyl (C=O) groups is 1. The summed E-state index contributed by atoms with van der Waals surface area (Å²) >= 11 is 0. The van der Waals surface area contributed by atoms with Gasteiger partial charge in [-0.1, -0.05) is 43.2 Å². The van der Waals surface area contributed by atoms with Gasteiger partial charge in [0.05, 0.1) is 0 Å². The van der Waals surface area contributed by atoms with Crippen LogP contribution in [0.2, 0.25) is 0 Å². The summed E-state index contributed by atoms with van der Waals surface area (Å²) in [4.78, 5) is 12.5. The molecule has 21 heavy (non-hydrogen) atoms. The van der Waals surface area contributed by atoms with Crippen LogP contribution in [0, 0.1) is 0 Å². The van der Waals surface area contributed by atoms with Gasteiger partial charge in [-0.05, 0) is 45.6 Å². The summed E-state index contributed by atoms with van der Waals surface area (Å²) in [6, 6.07) is 10.3. The van der Waals surface area contributed by atoms with Crippen LogP contribution in [0.15, 0.2) is 30.3 Å². The van der Waals surface area contributed by atoms with Crippen molar-refractivity contribution in [2.24, 2.45) is 0 Å². The maximum absolute atomic E-state index is 12.5. The fourth-order valence-corrected chi connectivity index (χ4v) is 2.81. The Kier molecular flexibility index (Phi) is 5.40. The van der Waals surface area contributed by atoms with Gasteiger partial charge in [0.25, 0.3) is 0 Å². The lowest BCUT2D eigenvalue weighted by Gasteiger charge is -2.26. The van der Waals surface area contributed by atoms with Crippen LogP contribution in [-0.2, 0) is 16.0 Å². The van der Waals surface area contributed by atoms with Crippen molar-refractivity contribution in [1.82, 2.24) is 5.32 Å².